The zero-order valence-corrected chi connectivity index (χ0v) is 9.90. The number of H-pyrrole nitrogens is 1. The lowest BCUT2D eigenvalue weighted by atomic mass is 9.99. The minimum absolute atomic E-state index is 0.533. The van der Waals surface area contributed by atoms with Crippen LogP contribution in [-0.4, -0.2) is 23.8 Å². The number of fused-ring (bicyclic) bond motifs is 1. The molecule has 3 rings (SSSR count). The third-order valence-electron chi connectivity index (χ3n) is 3.34. The molecule has 0 spiro atoms. The zero-order chi connectivity index (χ0) is 11.8. The van der Waals surface area contributed by atoms with Gasteiger partial charge in [0.2, 0.25) is 0 Å². The molecule has 0 atom stereocenters. The highest BCUT2D eigenvalue weighted by Gasteiger charge is 2.14. The smallest absolute Gasteiger partial charge is 0.145 e. The lowest BCUT2D eigenvalue weighted by Crippen LogP contribution is -2.24. The van der Waals surface area contributed by atoms with Gasteiger partial charge in [-0.05, 0) is 24.5 Å². The zero-order valence-electron chi connectivity index (χ0n) is 9.90. The number of aromatic amines is 1. The Morgan fingerprint density at radius 1 is 1.35 bits per heavy atom. The third-order valence-corrected chi connectivity index (χ3v) is 3.34. The molecule has 0 fully saturated rings. The van der Waals surface area contributed by atoms with Gasteiger partial charge in [0.1, 0.15) is 5.82 Å². The van der Waals surface area contributed by atoms with E-state index in [1.807, 2.05) is 6.07 Å². The van der Waals surface area contributed by atoms with Crippen molar-refractivity contribution < 1.29 is 0 Å². The van der Waals surface area contributed by atoms with Gasteiger partial charge in [0, 0.05) is 30.9 Å². The van der Waals surface area contributed by atoms with Crippen LogP contribution in [0.3, 0.4) is 0 Å². The van der Waals surface area contributed by atoms with E-state index in [4.69, 9.17) is 5.73 Å². The molecule has 1 aliphatic heterocycles. The van der Waals surface area contributed by atoms with E-state index in [1.54, 1.807) is 0 Å². The predicted molar refractivity (Wildman–Crippen MR) is 70.0 cm³/mol. The lowest BCUT2D eigenvalue weighted by molar-refractivity contribution is 0.744. The van der Waals surface area contributed by atoms with Crippen molar-refractivity contribution in [3.63, 3.8) is 0 Å². The number of hydrogen-bond donors (Lipinski definition) is 2. The summed E-state index contributed by atoms with van der Waals surface area (Å²) in [5.74, 6) is 0.533. The topological polar surface area (TPSA) is 57.9 Å². The highest BCUT2D eigenvalue weighted by molar-refractivity contribution is 5.70. The molecular weight excluding hydrogens is 212 g/mol. The number of anilines is 2. The van der Waals surface area contributed by atoms with Gasteiger partial charge in [0.15, 0.2) is 0 Å². The van der Waals surface area contributed by atoms with Crippen molar-refractivity contribution in [2.24, 2.45) is 0 Å². The van der Waals surface area contributed by atoms with Crippen molar-refractivity contribution in [1.29, 1.82) is 0 Å². The Bertz CT molecular complexity index is 544. The fraction of sp³-hybridized carbons (Fsp3) is 0.308. The molecule has 2 heterocycles. The second kappa shape index (κ2) is 3.80. The number of nitrogen functional groups attached to an aromatic ring is 1. The van der Waals surface area contributed by atoms with Crippen LogP contribution in [-0.2, 0) is 6.42 Å². The number of aromatic nitrogens is 2. The number of rotatable bonds is 1. The lowest BCUT2D eigenvalue weighted by Gasteiger charge is -2.27. The number of nitrogens with zero attached hydrogens (tertiary/aromatic N) is 2. The van der Waals surface area contributed by atoms with Gasteiger partial charge >= 0.3 is 0 Å². The van der Waals surface area contributed by atoms with Gasteiger partial charge in [-0.25, -0.2) is 0 Å². The molecule has 0 aliphatic carbocycles. The highest BCUT2D eigenvalue weighted by Crippen LogP contribution is 2.30. The summed E-state index contributed by atoms with van der Waals surface area (Å²) in [5.41, 5.74) is 10.5. The van der Waals surface area contributed by atoms with Crippen LogP contribution in [0, 0.1) is 0 Å². The van der Waals surface area contributed by atoms with Crippen LogP contribution in [0.15, 0.2) is 24.3 Å². The van der Waals surface area contributed by atoms with Crippen LogP contribution in [0.5, 0.6) is 0 Å². The molecule has 0 amide bonds. The van der Waals surface area contributed by atoms with E-state index in [9.17, 15) is 0 Å². The number of benzene rings is 1. The summed E-state index contributed by atoms with van der Waals surface area (Å²) in [6, 6.07) is 8.41. The molecule has 17 heavy (non-hydrogen) atoms. The second-order valence-electron chi connectivity index (χ2n) is 4.58. The van der Waals surface area contributed by atoms with Crippen molar-refractivity contribution in [3.05, 3.63) is 29.8 Å². The van der Waals surface area contributed by atoms with Crippen LogP contribution in [0.25, 0.3) is 11.3 Å². The van der Waals surface area contributed by atoms with Crippen molar-refractivity contribution in [2.45, 2.75) is 12.8 Å². The van der Waals surface area contributed by atoms with Gasteiger partial charge < -0.3 is 10.6 Å². The minimum Gasteiger partial charge on any atom is -0.382 e. The monoisotopic (exact) mass is 228 g/mol. The molecule has 0 saturated heterocycles. The highest BCUT2D eigenvalue weighted by atomic mass is 15.2. The summed E-state index contributed by atoms with van der Waals surface area (Å²) in [6.07, 6.45) is 2.41. The first-order valence-corrected chi connectivity index (χ1v) is 5.89. The summed E-state index contributed by atoms with van der Waals surface area (Å²) in [7, 11) is 2.14. The fourth-order valence-electron chi connectivity index (χ4n) is 2.41. The van der Waals surface area contributed by atoms with Gasteiger partial charge in [0.25, 0.3) is 0 Å². The van der Waals surface area contributed by atoms with E-state index in [1.165, 1.54) is 24.1 Å². The van der Waals surface area contributed by atoms with E-state index in [0.717, 1.165) is 17.8 Å². The van der Waals surface area contributed by atoms with Crippen molar-refractivity contribution in [1.82, 2.24) is 10.2 Å². The van der Waals surface area contributed by atoms with Gasteiger partial charge in [-0.2, -0.15) is 5.10 Å². The molecule has 4 nitrogen and oxygen atoms in total. The Balaban J connectivity index is 2.05. The molecule has 0 bridgehead atoms. The summed E-state index contributed by atoms with van der Waals surface area (Å²) in [4.78, 5) is 2.31. The number of hydrogen-bond acceptors (Lipinski definition) is 3. The third kappa shape index (κ3) is 1.75. The van der Waals surface area contributed by atoms with Crippen molar-refractivity contribution in [2.75, 3.05) is 24.2 Å². The number of nitrogens with one attached hydrogen (secondary N) is 1. The van der Waals surface area contributed by atoms with Crippen molar-refractivity contribution >= 4 is 11.5 Å². The van der Waals surface area contributed by atoms with E-state index in [2.05, 4.69) is 40.3 Å². The van der Waals surface area contributed by atoms with Gasteiger partial charge in [-0.1, -0.05) is 12.1 Å². The van der Waals surface area contributed by atoms with E-state index in [0.29, 0.717) is 5.82 Å². The summed E-state index contributed by atoms with van der Waals surface area (Å²) >= 11 is 0. The largest absolute Gasteiger partial charge is 0.382 e. The number of nitrogens with two attached hydrogens (primary N) is 1. The maximum absolute atomic E-state index is 5.63. The molecule has 3 N–H and O–H groups in total. The molecule has 2 aromatic rings. The standard InChI is InChI=1S/C13H16N4/c1-17-6-2-3-9-4-5-10(7-12(9)17)11-8-13(14)16-15-11/h4-5,7-8H,2-3,6H2,1H3,(H3,14,15,16). The average Bonchev–Trinajstić information content (AvgIpc) is 2.76. The maximum Gasteiger partial charge on any atom is 0.145 e. The first kappa shape index (κ1) is 10.2. The quantitative estimate of drug-likeness (QED) is 0.785. The van der Waals surface area contributed by atoms with Gasteiger partial charge in [-0.3, -0.25) is 5.10 Å². The number of aryl methyl sites for hydroxylation is 1. The molecule has 1 aromatic carbocycles. The average molecular weight is 228 g/mol. The Morgan fingerprint density at radius 3 is 3.00 bits per heavy atom. The van der Waals surface area contributed by atoms with Crippen molar-refractivity contribution in [3.8, 4) is 11.3 Å². The molecule has 0 radical (unpaired) electrons. The van der Waals surface area contributed by atoms with E-state index in [-0.39, 0.29) is 0 Å². The Kier molecular flexibility index (Phi) is 2.28. The van der Waals surface area contributed by atoms with Gasteiger partial charge in [0.05, 0.1) is 5.69 Å². The summed E-state index contributed by atoms with van der Waals surface area (Å²) in [6.45, 7) is 1.13. The molecule has 0 unspecified atom stereocenters. The first-order valence-electron chi connectivity index (χ1n) is 5.89. The SMILES string of the molecule is CN1CCCc2ccc(-c3cc(N)n[nH]3)cc21. The Labute approximate surface area is 100 Å². The van der Waals surface area contributed by atoms with Crippen LogP contribution in [0.1, 0.15) is 12.0 Å². The molecule has 4 heteroatoms. The molecule has 1 aliphatic rings. The van der Waals surface area contributed by atoms with E-state index >= 15 is 0 Å². The predicted octanol–water partition coefficient (Wildman–Crippen LogP) is 2.04. The fourth-order valence-corrected chi connectivity index (χ4v) is 2.41. The minimum atomic E-state index is 0.533. The first-order chi connectivity index (χ1) is 8.24. The van der Waals surface area contributed by atoms with Crippen LogP contribution < -0.4 is 10.6 Å². The molecule has 0 saturated carbocycles. The van der Waals surface area contributed by atoms with Crippen LogP contribution >= 0.6 is 0 Å². The summed E-state index contributed by atoms with van der Waals surface area (Å²) < 4.78 is 0. The maximum atomic E-state index is 5.63. The summed E-state index contributed by atoms with van der Waals surface area (Å²) in [5, 5.41) is 6.91. The molecular formula is C13H16N4. The van der Waals surface area contributed by atoms with Crippen LogP contribution in [0.4, 0.5) is 11.5 Å². The molecule has 1 aromatic heterocycles. The Morgan fingerprint density at radius 2 is 2.24 bits per heavy atom. The Hall–Kier alpha value is -1.97. The van der Waals surface area contributed by atoms with Crippen LogP contribution in [0.2, 0.25) is 0 Å². The molecule has 88 valence electrons. The van der Waals surface area contributed by atoms with E-state index < -0.39 is 0 Å². The normalized spacial score (nSPS) is 14.8. The second-order valence-corrected chi connectivity index (χ2v) is 4.58. The van der Waals surface area contributed by atoms with Gasteiger partial charge in [-0.15, -0.1) is 0 Å².